The Labute approximate surface area is 156 Å². The maximum absolute atomic E-state index is 11.9. The van der Waals surface area contributed by atoms with Gasteiger partial charge in [-0.25, -0.2) is 9.98 Å². The summed E-state index contributed by atoms with van der Waals surface area (Å²) in [5.41, 5.74) is -0.0688. The van der Waals surface area contributed by atoms with E-state index in [4.69, 9.17) is 4.42 Å². The van der Waals surface area contributed by atoms with E-state index < -0.39 is 0 Å². The minimum atomic E-state index is -0.0688. The molecule has 7 nitrogen and oxygen atoms in total. The lowest BCUT2D eigenvalue weighted by Gasteiger charge is -2.25. The van der Waals surface area contributed by atoms with E-state index in [1.165, 1.54) is 19.3 Å². The lowest BCUT2D eigenvalue weighted by Crippen LogP contribution is -2.44. The maximum atomic E-state index is 11.9. The first-order valence-corrected chi connectivity index (χ1v) is 9.46. The Morgan fingerprint density at radius 2 is 2.00 bits per heavy atom. The number of nitrogens with one attached hydrogen (secondary N) is 2. The van der Waals surface area contributed by atoms with Crippen molar-refractivity contribution in [2.75, 3.05) is 20.6 Å². The molecule has 0 bridgehead atoms. The summed E-state index contributed by atoms with van der Waals surface area (Å²) in [6.45, 7) is 6.83. The zero-order valence-electron chi connectivity index (χ0n) is 16.8. The van der Waals surface area contributed by atoms with Gasteiger partial charge in [-0.05, 0) is 12.8 Å². The molecule has 0 spiro atoms. The molecule has 2 N–H and O–H groups in total. The molecule has 0 aromatic carbocycles. The first-order chi connectivity index (χ1) is 12.3. The summed E-state index contributed by atoms with van der Waals surface area (Å²) in [6.07, 6.45) is 7.80. The number of hydrogen-bond acceptors (Lipinski definition) is 4. The van der Waals surface area contributed by atoms with Crippen molar-refractivity contribution >= 4 is 11.9 Å². The van der Waals surface area contributed by atoms with Gasteiger partial charge in [-0.3, -0.25) is 4.79 Å². The molecule has 1 amide bonds. The van der Waals surface area contributed by atoms with Gasteiger partial charge in [0.1, 0.15) is 12.3 Å². The van der Waals surface area contributed by atoms with Crippen molar-refractivity contribution in [3.63, 3.8) is 0 Å². The highest BCUT2D eigenvalue weighted by molar-refractivity contribution is 5.84. The number of oxazole rings is 1. The van der Waals surface area contributed by atoms with E-state index in [9.17, 15) is 4.79 Å². The zero-order valence-corrected chi connectivity index (χ0v) is 16.8. The molecule has 7 heteroatoms. The molecule has 0 saturated heterocycles. The predicted molar refractivity (Wildman–Crippen MR) is 103 cm³/mol. The molecule has 0 atom stereocenters. The van der Waals surface area contributed by atoms with Gasteiger partial charge in [0.05, 0.1) is 12.7 Å². The molecule has 26 heavy (non-hydrogen) atoms. The van der Waals surface area contributed by atoms with Crippen LogP contribution in [-0.2, 0) is 16.8 Å². The van der Waals surface area contributed by atoms with Crippen LogP contribution in [0.3, 0.4) is 0 Å². The average Bonchev–Trinajstić information content (AvgIpc) is 3.07. The zero-order chi connectivity index (χ0) is 19.2. The van der Waals surface area contributed by atoms with Crippen molar-refractivity contribution < 1.29 is 9.21 Å². The molecule has 1 aliphatic rings. The molecule has 1 aromatic rings. The Morgan fingerprint density at radius 3 is 2.58 bits per heavy atom. The monoisotopic (exact) mass is 363 g/mol. The molecule has 0 aliphatic heterocycles. The van der Waals surface area contributed by atoms with Crippen molar-refractivity contribution in [2.24, 2.45) is 4.99 Å². The first-order valence-electron chi connectivity index (χ1n) is 9.46. The number of aliphatic imine (C=N–C) groups is 1. The van der Waals surface area contributed by atoms with Crippen LogP contribution in [0.25, 0.3) is 0 Å². The van der Waals surface area contributed by atoms with Gasteiger partial charge in [0, 0.05) is 25.6 Å². The van der Waals surface area contributed by atoms with Crippen LogP contribution in [0.1, 0.15) is 64.5 Å². The predicted octanol–water partition coefficient (Wildman–Crippen LogP) is 2.43. The van der Waals surface area contributed by atoms with Crippen LogP contribution in [0.15, 0.2) is 15.6 Å². The maximum Gasteiger partial charge on any atom is 0.243 e. The quantitative estimate of drug-likeness (QED) is 0.620. The summed E-state index contributed by atoms with van der Waals surface area (Å²) in [4.78, 5) is 22.2. The minimum absolute atomic E-state index is 0.0270. The lowest BCUT2D eigenvalue weighted by atomic mass is 9.94. The second-order valence-electron chi connectivity index (χ2n) is 8.15. The number of hydrogen-bond donors (Lipinski definition) is 2. The fraction of sp³-hybridized carbons (Fsp3) is 0.737. The van der Waals surface area contributed by atoms with Crippen molar-refractivity contribution in [3.05, 3.63) is 17.8 Å². The number of aromatic nitrogens is 1. The van der Waals surface area contributed by atoms with Crippen LogP contribution in [0.4, 0.5) is 0 Å². The normalized spacial score (nSPS) is 16.4. The summed E-state index contributed by atoms with van der Waals surface area (Å²) in [5.74, 6) is 2.09. The SMILES string of the molecule is CN(C)C(=O)CN=C(NCc1ncc(C(C)(C)C)o1)NC1CCCCC1. The summed E-state index contributed by atoms with van der Waals surface area (Å²) in [7, 11) is 3.47. The third-order valence-corrected chi connectivity index (χ3v) is 4.52. The number of likely N-dealkylation sites (N-methyl/N-ethyl adjacent to an activating group) is 1. The minimum Gasteiger partial charge on any atom is -0.443 e. The number of nitrogens with zero attached hydrogens (tertiary/aromatic N) is 3. The number of guanidine groups is 1. The van der Waals surface area contributed by atoms with Gasteiger partial charge < -0.3 is 20.0 Å². The average molecular weight is 364 g/mol. The van der Waals surface area contributed by atoms with Crippen molar-refractivity contribution in [1.29, 1.82) is 0 Å². The number of rotatable bonds is 5. The molecule has 146 valence electrons. The lowest BCUT2D eigenvalue weighted by molar-refractivity contribution is -0.127. The molecule has 1 fully saturated rings. The van der Waals surface area contributed by atoms with E-state index in [0.29, 0.717) is 24.4 Å². The Bertz CT molecular complexity index is 610. The number of carbonyl (C=O) groups excluding carboxylic acids is 1. The van der Waals surface area contributed by atoms with Crippen LogP contribution >= 0.6 is 0 Å². The summed E-state index contributed by atoms with van der Waals surface area (Å²) in [6, 6.07) is 0.402. The second-order valence-corrected chi connectivity index (χ2v) is 8.15. The smallest absolute Gasteiger partial charge is 0.243 e. The topological polar surface area (TPSA) is 82.8 Å². The van der Waals surface area contributed by atoms with Crippen LogP contribution in [0.5, 0.6) is 0 Å². The van der Waals surface area contributed by atoms with E-state index in [1.807, 2.05) is 0 Å². The highest BCUT2D eigenvalue weighted by Crippen LogP contribution is 2.22. The van der Waals surface area contributed by atoms with Crippen molar-refractivity contribution in [1.82, 2.24) is 20.5 Å². The number of carbonyl (C=O) groups is 1. The van der Waals surface area contributed by atoms with Gasteiger partial charge in [-0.2, -0.15) is 0 Å². The van der Waals surface area contributed by atoms with Gasteiger partial charge in [-0.1, -0.05) is 40.0 Å². The van der Waals surface area contributed by atoms with E-state index >= 15 is 0 Å². The van der Waals surface area contributed by atoms with Crippen LogP contribution in [0, 0.1) is 0 Å². The van der Waals surface area contributed by atoms with Gasteiger partial charge in [-0.15, -0.1) is 0 Å². The molecule has 2 rings (SSSR count). The van der Waals surface area contributed by atoms with Gasteiger partial charge in [0.15, 0.2) is 5.96 Å². The highest BCUT2D eigenvalue weighted by Gasteiger charge is 2.20. The fourth-order valence-electron chi connectivity index (χ4n) is 2.78. The molecule has 1 saturated carbocycles. The third kappa shape index (κ3) is 6.35. The molecular weight excluding hydrogens is 330 g/mol. The summed E-state index contributed by atoms with van der Waals surface area (Å²) < 4.78 is 5.82. The second kappa shape index (κ2) is 9.05. The van der Waals surface area contributed by atoms with Gasteiger partial charge in [0.2, 0.25) is 11.8 Å². The molecule has 1 aliphatic carbocycles. The van der Waals surface area contributed by atoms with Crippen LogP contribution in [-0.4, -0.2) is 48.4 Å². The van der Waals surface area contributed by atoms with Gasteiger partial charge >= 0.3 is 0 Å². The van der Waals surface area contributed by atoms with E-state index in [2.05, 4.69) is 41.4 Å². The standard InChI is InChI=1S/C19H33N5O2/c1-19(2,3)15-11-20-16(26-15)12-21-18(22-13-17(25)24(4)5)23-14-9-7-6-8-10-14/h11,14H,6-10,12-13H2,1-5H3,(H2,21,22,23). The molecule has 1 heterocycles. The van der Waals surface area contributed by atoms with Crippen molar-refractivity contribution in [2.45, 2.75) is 70.9 Å². The Balaban J connectivity index is 1.99. The molecule has 1 aromatic heterocycles. The third-order valence-electron chi connectivity index (χ3n) is 4.52. The Hall–Kier alpha value is -2.05. The largest absolute Gasteiger partial charge is 0.443 e. The van der Waals surface area contributed by atoms with Crippen LogP contribution < -0.4 is 10.6 Å². The molecule has 0 unspecified atom stereocenters. The first kappa shape index (κ1) is 20.3. The van der Waals surface area contributed by atoms with Gasteiger partial charge in [0.25, 0.3) is 0 Å². The van der Waals surface area contributed by atoms with E-state index in [1.54, 1.807) is 25.2 Å². The Kier molecular flexibility index (Phi) is 7.06. The van der Waals surface area contributed by atoms with E-state index in [-0.39, 0.29) is 17.9 Å². The highest BCUT2D eigenvalue weighted by atomic mass is 16.4. The van der Waals surface area contributed by atoms with Crippen LogP contribution in [0.2, 0.25) is 0 Å². The Morgan fingerprint density at radius 1 is 1.31 bits per heavy atom. The van der Waals surface area contributed by atoms with Crippen molar-refractivity contribution in [3.8, 4) is 0 Å². The summed E-state index contributed by atoms with van der Waals surface area (Å²) >= 11 is 0. The fourth-order valence-corrected chi connectivity index (χ4v) is 2.78. The molecule has 0 radical (unpaired) electrons. The summed E-state index contributed by atoms with van der Waals surface area (Å²) in [5, 5.41) is 6.71. The number of amides is 1. The molecular formula is C19H33N5O2. The van der Waals surface area contributed by atoms with E-state index in [0.717, 1.165) is 18.6 Å².